The second kappa shape index (κ2) is 6.25. The van der Waals surface area contributed by atoms with Crippen molar-refractivity contribution in [3.63, 3.8) is 0 Å². The second-order valence-electron chi connectivity index (χ2n) is 5.30. The highest BCUT2D eigenvalue weighted by atomic mass is 32.3. The molecule has 1 aliphatic rings. The van der Waals surface area contributed by atoms with Crippen molar-refractivity contribution in [3.8, 4) is 5.75 Å². The van der Waals surface area contributed by atoms with Crippen LogP contribution in [0.25, 0.3) is 0 Å². The van der Waals surface area contributed by atoms with E-state index in [1.54, 1.807) is 43.6 Å². The lowest BCUT2D eigenvalue weighted by Crippen LogP contribution is -2.33. The summed E-state index contributed by atoms with van der Waals surface area (Å²) in [6.07, 6.45) is 3.91. The van der Waals surface area contributed by atoms with Crippen LogP contribution in [-0.4, -0.2) is 30.9 Å². The number of hydrogen-bond acceptors (Lipinski definition) is 4. The Morgan fingerprint density at radius 2 is 2.17 bits per heavy atom. The Morgan fingerprint density at radius 3 is 2.83 bits per heavy atom. The van der Waals surface area contributed by atoms with Gasteiger partial charge in [0.1, 0.15) is 5.75 Å². The van der Waals surface area contributed by atoms with Crippen LogP contribution in [0.3, 0.4) is 0 Å². The minimum Gasteiger partial charge on any atom is -0.493 e. The molecule has 0 N–H and O–H groups in total. The summed E-state index contributed by atoms with van der Waals surface area (Å²) in [5, 5.41) is 0. The number of rotatable bonds is 5. The number of fused-ring (bicyclic) bond motifs is 1. The number of ether oxygens (including phenoxy) is 1. The normalized spacial score (nSPS) is 15.3. The van der Waals surface area contributed by atoms with E-state index in [9.17, 15) is 12.3 Å². The Hall–Kier alpha value is -1.99. The van der Waals surface area contributed by atoms with Crippen molar-refractivity contribution in [2.45, 2.75) is 19.4 Å². The van der Waals surface area contributed by atoms with Gasteiger partial charge in [-0.25, -0.2) is 0 Å². The van der Waals surface area contributed by atoms with Crippen LogP contribution in [-0.2, 0) is 16.8 Å². The van der Waals surface area contributed by atoms with Gasteiger partial charge in [-0.3, -0.25) is 4.98 Å². The van der Waals surface area contributed by atoms with E-state index < -0.39 is 16.5 Å². The molecule has 0 fully saturated rings. The predicted octanol–water partition coefficient (Wildman–Crippen LogP) is 2.64. The van der Waals surface area contributed by atoms with Crippen molar-refractivity contribution in [1.82, 2.24) is 9.29 Å². The molecule has 2 aromatic rings. The number of hydrogen-bond donors (Lipinski definition) is 0. The smallest absolute Gasteiger partial charge is 0.375 e. The Balaban J connectivity index is 2.12. The van der Waals surface area contributed by atoms with E-state index in [1.807, 2.05) is 6.07 Å². The topological polar surface area (TPSA) is 59.5 Å². The van der Waals surface area contributed by atoms with Crippen LogP contribution < -0.4 is 4.74 Å². The lowest BCUT2D eigenvalue weighted by Gasteiger charge is -2.27. The van der Waals surface area contributed by atoms with E-state index in [-0.39, 0.29) is 6.54 Å². The van der Waals surface area contributed by atoms with Crippen LogP contribution in [0.2, 0.25) is 0 Å². The standard InChI is InChI=1S/C16H17FN2O3S/c1-2-19(23(17,20)21)16(14-4-3-8-18-11-14)13-5-6-15-12(10-13)7-9-22-15/h3-6,8,10-11,16H,2,7,9H2,1H3. The highest BCUT2D eigenvalue weighted by Crippen LogP contribution is 2.35. The SMILES string of the molecule is CCN(C(c1cccnc1)c1ccc2c(c1)CCO2)S(=O)(=O)F. The van der Waals surface area contributed by atoms with Crippen molar-refractivity contribution >= 4 is 10.4 Å². The lowest BCUT2D eigenvalue weighted by molar-refractivity contribution is 0.351. The fourth-order valence-corrected chi connectivity index (χ4v) is 3.71. The average molecular weight is 336 g/mol. The van der Waals surface area contributed by atoms with Gasteiger partial charge in [-0.15, -0.1) is 0 Å². The quantitative estimate of drug-likeness (QED) is 0.788. The first kappa shape index (κ1) is 15.9. The third-order valence-electron chi connectivity index (χ3n) is 3.91. The van der Waals surface area contributed by atoms with Gasteiger partial charge in [0.05, 0.1) is 12.6 Å². The molecule has 3 rings (SSSR count). The first-order valence-electron chi connectivity index (χ1n) is 7.37. The van der Waals surface area contributed by atoms with E-state index in [4.69, 9.17) is 4.74 Å². The molecule has 7 heteroatoms. The molecule has 1 aliphatic heterocycles. The Labute approximate surface area is 135 Å². The van der Waals surface area contributed by atoms with Gasteiger partial charge in [0.15, 0.2) is 0 Å². The molecule has 0 aliphatic carbocycles. The molecular formula is C16H17FN2O3S. The number of nitrogens with zero attached hydrogens (tertiary/aromatic N) is 2. The van der Waals surface area contributed by atoms with Gasteiger partial charge in [-0.05, 0) is 28.8 Å². The molecule has 1 unspecified atom stereocenters. The fraction of sp³-hybridized carbons (Fsp3) is 0.312. The maximum Gasteiger partial charge on any atom is 0.375 e. The van der Waals surface area contributed by atoms with Crippen molar-refractivity contribution in [2.24, 2.45) is 0 Å². The molecule has 5 nitrogen and oxygen atoms in total. The molecule has 0 spiro atoms. The van der Waals surface area contributed by atoms with Crippen LogP contribution in [0.4, 0.5) is 3.89 Å². The van der Waals surface area contributed by atoms with Gasteiger partial charge in [-0.2, -0.15) is 12.7 Å². The van der Waals surface area contributed by atoms with Crippen molar-refractivity contribution in [1.29, 1.82) is 0 Å². The van der Waals surface area contributed by atoms with Gasteiger partial charge in [0, 0.05) is 25.4 Å². The van der Waals surface area contributed by atoms with E-state index in [2.05, 4.69) is 4.98 Å². The van der Waals surface area contributed by atoms with Crippen molar-refractivity contribution in [3.05, 3.63) is 59.4 Å². The first-order chi connectivity index (χ1) is 11.0. The summed E-state index contributed by atoms with van der Waals surface area (Å²) in [5.41, 5.74) is 2.32. The average Bonchev–Trinajstić information content (AvgIpc) is 2.99. The van der Waals surface area contributed by atoms with Crippen molar-refractivity contribution < 1.29 is 17.0 Å². The summed E-state index contributed by atoms with van der Waals surface area (Å²) in [4.78, 5) is 4.03. The molecule has 0 saturated carbocycles. The van der Waals surface area contributed by atoms with Gasteiger partial charge >= 0.3 is 10.4 Å². The molecule has 0 bridgehead atoms. The third kappa shape index (κ3) is 3.20. The number of pyridine rings is 1. The molecule has 23 heavy (non-hydrogen) atoms. The van der Waals surface area contributed by atoms with Crippen LogP contribution in [0, 0.1) is 0 Å². The first-order valence-corrected chi connectivity index (χ1v) is 8.71. The molecule has 1 aromatic heterocycles. The fourth-order valence-electron chi connectivity index (χ4n) is 2.90. The molecule has 2 heterocycles. The summed E-state index contributed by atoms with van der Waals surface area (Å²) in [7, 11) is -4.85. The van der Waals surface area contributed by atoms with E-state index in [0.717, 1.165) is 22.0 Å². The summed E-state index contributed by atoms with van der Waals surface area (Å²) in [5.74, 6) is 0.796. The third-order valence-corrected chi connectivity index (χ3v) is 4.94. The zero-order valence-corrected chi connectivity index (χ0v) is 13.5. The number of benzene rings is 1. The van der Waals surface area contributed by atoms with E-state index in [1.165, 1.54) is 0 Å². The largest absolute Gasteiger partial charge is 0.493 e. The van der Waals surface area contributed by atoms with Gasteiger partial charge in [0.2, 0.25) is 0 Å². The monoisotopic (exact) mass is 336 g/mol. The lowest BCUT2D eigenvalue weighted by atomic mass is 9.97. The van der Waals surface area contributed by atoms with Gasteiger partial charge in [-0.1, -0.05) is 29.0 Å². The maximum atomic E-state index is 13.8. The van der Waals surface area contributed by atoms with Gasteiger partial charge < -0.3 is 4.74 Å². The summed E-state index contributed by atoms with van der Waals surface area (Å²) >= 11 is 0. The zero-order valence-electron chi connectivity index (χ0n) is 12.6. The minimum atomic E-state index is -4.85. The van der Waals surface area contributed by atoms with Crippen LogP contribution in [0.5, 0.6) is 5.75 Å². The zero-order chi connectivity index (χ0) is 16.4. The molecule has 1 aromatic carbocycles. The van der Waals surface area contributed by atoms with Crippen LogP contribution in [0.15, 0.2) is 42.7 Å². The Bertz CT molecular complexity index is 796. The summed E-state index contributed by atoms with van der Waals surface area (Å²) in [6, 6.07) is 8.16. The second-order valence-corrected chi connectivity index (χ2v) is 6.59. The van der Waals surface area contributed by atoms with E-state index >= 15 is 0 Å². The highest BCUT2D eigenvalue weighted by molar-refractivity contribution is 7.84. The van der Waals surface area contributed by atoms with Crippen molar-refractivity contribution in [2.75, 3.05) is 13.2 Å². The van der Waals surface area contributed by atoms with E-state index in [0.29, 0.717) is 17.7 Å². The molecule has 0 amide bonds. The molecule has 122 valence electrons. The Kier molecular flexibility index (Phi) is 4.32. The van der Waals surface area contributed by atoms with Gasteiger partial charge in [0.25, 0.3) is 0 Å². The summed E-state index contributed by atoms with van der Waals surface area (Å²) < 4.78 is 43.3. The molecule has 0 radical (unpaired) electrons. The minimum absolute atomic E-state index is 0.0198. The molecule has 1 atom stereocenters. The van der Waals surface area contributed by atoms with Crippen LogP contribution in [0.1, 0.15) is 29.7 Å². The predicted molar refractivity (Wildman–Crippen MR) is 84.1 cm³/mol. The summed E-state index contributed by atoms with van der Waals surface area (Å²) in [6.45, 7) is 2.23. The van der Waals surface area contributed by atoms with Crippen LogP contribution >= 0.6 is 0 Å². The Morgan fingerprint density at radius 1 is 1.35 bits per heavy atom. The number of aromatic nitrogens is 1. The molecular weight excluding hydrogens is 319 g/mol. The molecule has 0 saturated heterocycles. The highest BCUT2D eigenvalue weighted by Gasteiger charge is 2.32. The maximum absolute atomic E-state index is 13.8. The number of halogens is 1.